The zero-order valence-corrected chi connectivity index (χ0v) is 27.3. The van der Waals surface area contributed by atoms with Crippen molar-refractivity contribution < 1.29 is 22.7 Å². The molecule has 0 radical (unpaired) electrons. The fourth-order valence-electron chi connectivity index (χ4n) is 4.65. The molecule has 0 heterocycles. The number of rotatable bonds is 15. The van der Waals surface area contributed by atoms with Gasteiger partial charge < -0.3 is 15.0 Å². The van der Waals surface area contributed by atoms with E-state index in [9.17, 15) is 18.0 Å². The van der Waals surface area contributed by atoms with Gasteiger partial charge in [0.2, 0.25) is 21.8 Å². The lowest BCUT2D eigenvalue weighted by Gasteiger charge is -2.32. The summed E-state index contributed by atoms with van der Waals surface area (Å²) in [5.74, 6) is 0.0472. The van der Waals surface area contributed by atoms with E-state index < -0.39 is 16.1 Å². The van der Waals surface area contributed by atoms with Gasteiger partial charge in [0.25, 0.3) is 0 Å². The molecule has 8 nitrogen and oxygen atoms in total. The van der Waals surface area contributed by atoms with Gasteiger partial charge in [-0.1, -0.05) is 59.6 Å². The highest BCUT2D eigenvalue weighted by Crippen LogP contribution is 2.26. The Bertz CT molecular complexity index is 1470. The van der Waals surface area contributed by atoms with Crippen LogP contribution in [0.15, 0.2) is 72.8 Å². The van der Waals surface area contributed by atoms with Crippen molar-refractivity contribution in [2.45, 2.75) is 58.7 Å². The molecular weight excluding hydrogens is 609 g/mol. The number of hydrogen-bond acceptors (Lipinski definition) is 5. The van der Waals surface area contributed by atoms with Crippen molar-refractivity contribution in [2.75, 3.05) is 23.7 Å². The van der Waals surface area contributed by atoms with Gasteiger partial charge in [0.15, 0.2) is 0 Å². The number of carbonyl (C=O) groups is 2. The molecule has 1 N–H and O–H groups in total. The molecule has 0 saturated carbocycles. The average molecular weight is 649 g/mol. The van der Waals surface area contributed by atoms with Crippen LogP contribution in [-0.2, 0) is 32.6 Å². The molecule has 11 heteroatoms. The Kier molecular flexibility index (Phi) is 12.7. The molecule has 0 fully saturated rings. The van der Waals surface area contributed by atoms with Gasteiger partial charge in [-0.3, -0.25) is 13.9 Å². The Labute approximate surface area is 265 Å². The molecule has 1 unspecified atom stereocenters. The van der Waals surface area contributed by atoms with Gasteiger partial charge in [-0.15, -0.1) is 0 Å². The van der Waals surface area contributed by atoms with Crippen LogP contribution in [0.25, 0.3) is 0 Å². The third-order valence-electron chi connectivity index (χ3n) is 6.65. The van der Waals surface area contributed by atoms with Gasteiger partial charge in [0, 0.05) is 42.0 Å². The molecule has 0 saturated heterocycles. The minimum absolute atomic E-state index is 0.00844. The van der Waals surface area contributed by atoms with Crippen LogP contribution in [0.1, 0.15) is 44.7 Å². The zero-order chi connectivity index (χ0) is 31.6. The highest BCUT2D eigenvalue weighted by molar-refractivity contribution is 7.92. The molecule has 3 aromatic carbocycles. The van der Waals surface area contributed by atoms with Crippen molar-refractivity contribution in [1.82, 2.24) is 10.2 Å². The second-order valence-electron chi connectivity index (χ2n) is 10.5. The largest absolute Gasteiger partial charge is 0.494 e. The summed E-state index contributed by atoms with van der Waals surface area (Å²) in [6.07, 6.45) is 1.66. The maximum Gasteiger partial charge on any atom is 0.243 e. The topological polar surface area (TPSA) is 96.0 Å². The fourth-order valence-corrected chi connectivity index (χ4v) is 6.08. The van der Waals surface area contributed by atoms with Gasteiger partial charge in [-0.2, -0.15) is 0 Å². The van der Waals surface area contributed by atoms with E-state index >= 15 is 0 Å². The van der Waals surface area contributed by atoms with Crippen LogP contribution >= 0.6 is 23.2 Å². The number of sulfonamides is 1. The minimum atomic E-state index is -3.63. The maximum atomic E-state index is 13.9. The number of anilines is 1. The van der Waals surface area contributed by atoms with Gasteiger partial charge in [-0.25, -0.2) is 8.42 Å². The fraction of sp³-hybridized carbons (Fsp3) is 0.375. The molecule has 0 aliphatic heterocycles. The van der Waals surface area contributed by atoms with E-state index in [2.05, 4.69) is 5.32 Å². The van der Waals surface area contributed by atoms with Crippen molar-refractivity contribution in [2.24, 2.45) is 0 Å². The molecule has 0 aromatic heterocycles. The van der Waals surface area contributed by atoms with Crippen molar-refractivity contribution >= 4 is 50.7 Å². The Balaban J connectivity index is 1.89. The summed E-state index contributed by atoms with van der Waals surface area (Å²) < 4.78 is 32.1. The molecule has 3 rings (SSSR count). The van der Waals surface area contributed by atoms with Gasteiger partial charge in [0.05, 0.1) is 18.6 Å². The van der Waals surface area contributed by atoms with Crippen molar-refractivity contribution in [3.8, 4) is 5.75 Å². The average Bonchev–Trinajstić information content (AvgIpc) is 2.94. The Morgan fingerprint density at radius 3 is 2.23 bits per heavy atom. The smallest absolute Gasteiger partial charge is 0.243 e. The summed E-state index contributed by atoms with van der Waals surface area (Å²) in [5, 5.41) is 3.79. The third kappa shape index (κ3) is 10.4. The standard InChI is InChI=1S/C32H39Cl2N3O5S/c1-5-42-28-17-15-27(16-18-28)37(43(4,40)41)19-9-12-31(38)36(22-25-13-14-26(33)21-29(25)34)30(32(39)35-23(2)3)20-24-10-7-6-8-11-24/h6-8,10-11,13-18,21,23,30H,5,9,12,19-20,22H2,1-4H3,(H,35,39). The summed E-state index contributed by atoms with van der Waals surface area (Å²) in [6, 6.07) is 20.3. The number of nitrogens with one attached hydrogen (secondary N) is 1. The minimum Gasteiger partial charge on any atom is -0.494 e. The van der Waals surface area contributed by atoms with Gasteiger partial charge >= 0.3 is 0 Å². The molecule has 232 valence electrons. The molecule has 43 heavy (non-hydrogen) atoms. The van der Waals surface area contributed by atoms with Crippen molar-refractivity contribution in [3.05, 3.63) is 94.0 Å². The predicted molar refractivity (Wildman–Crippen MR) is 173 cm³/mol. The summed E-state index contributed by atoms with van der Waals surface area (Å²) in [4.78, 5) is 29.0. The van der Waals surface area contributed by atoms with E-state index in [-0.39, 0.29) is 50.2 Å². The summed E-state index contributed by atoms with van der Waals surface area (Å²) >= 11 is 12.6. The highest BCUT2D eigenvalue weighted by atomic mass is 35.5. The number of ether oxygens (including phenoxy) is 1. The monoisotopic (exact) mass is 647 g/mol. The second-order valence-corrected chi connectivity index (χ2v) is 13.2. The van der Waals surface area contributed by atoms with Crippen LogP contribution in [0.2, 0.25) is 10.0 Å². The van der Waals surface area contributed by atoms with Crippen LogP contribution < -0.4 is 14.4 Å². The highest BCUT2D eigenvalue weighted by Gasteiger charge is 2.31. The van der Waals surface area contributed by atoms with Crippen LogP contribution in [-0.4, -0.2) is 56.6 Å². The number of hydrogen-bond donors (Lipinski definition) is 1. The van der Waals surface area contributed by atoms with E-state index in [1.807, 2.05) is 51.1 Å². The van der Waals surface area contributed by atoms with Crippen LogP contribution in [0.3, 0.4) is 0 Å². The second kappa shape index (κ2) is 16.0. The molecule has 3 aromatic rings. The molecular formula is C32H39Cl2N3O5S. The first-order chi connectivity index (χ1) is 20.4. The number of amides is 2. The zero-order valence-electron chi connectivity index (χ0n) is 24.9. The third-order valence-corrected chi connectivity index (χ3v) is 8.43. The number of nitrogens with zero attached hydrogens (tertiary/aromatic N) is 2. The Morgan fingerprint density at radius 1 is 0.977 bits per heavy atom. The summed E-state index contributed by atoms with van der Waals surface area (Å²) in [7, 11) is -3.63. The molecule has 0 aliphatic rings. The first-order valence-corrected chi connectivity index (χ1v) is 16.8. The lowest BCUT2D eigenvalue weighted by Crippen LogP contribution is -2.51. The number of benzene rings is 3. The van der Waals surface area contributed by atoms with E-state index in [4.69, 9.17) is 27.9 Å². The Hall–Kier alpha value is -3.27. The molecule has 2 amide bonds. The van der Waals surface area contributed by atoms with Gasteiger partial charge in [-0.05, 0) is 74.7 Å². The quantitative estimate of drug-likeness (QED) is 0.215. The van der Waals surface area contributed by atoms with E-state index in [1.54, 1.807) is 42.5 Å². The van der Waals surface area contributed by atoms with Crippen LogP contribution in [0, 0.1) is 0 Å². The number of carbonyl (C=O) groups excluding carboxylic acids is 2. The molecule has 0 spiro atoms. The van der Waals surface area contributed by atoms with Crippen molar-refractivity contribution in [3.63, 3.8) is 0 Å². The first-order valence-electron chi connectivity index (χ1n) is 14.2. The summed E-state index contributed by atoms with van der Waals surface area (Å²) in [6.45, 7) is 6.24. The van der Waals surface area contributed by atoms with E-state index in [1.165, 1.54) is 9.21 Å². The number of halogens is 2. The lowest BCUT2D eigenvalue weighted by atomic mass is 10.0. The van der Waals surface area contributed by atoms with E-state index in [0.29, 0.717) is 33.7 Å². The van der Waals surface area contributed by atoms with Gasteiger partial charge in [0.1, 0.15) is 11.8 Å². The predicted octanol–water partition coefficient (Wildman–Crippen LogP) is 6.10. The molecule has 1 atom stereocenters. The Morgan fingerprint density at radius 2 is 1.65 bits per heavy atom. The van der Waals surface area contributed by atoms with Crippen molar-refractivity contribution in [1.29, 1.82) is 0 Å². The SMILES string of the molecule is CCOc1ccc(N(CCCC(=O)N(Cc2ccc(Cl)cc2Cl)C(Cc2ccccc2)C(=O)NC(C)C)S(C)(=O)=O)cc1. The molecule has 0 aliphatic carbocycles. The summed E-state index contributed by atoms with van der Waals surface area (Å²) in [5.41, 5.74) is 2.01. The first kappa shape index (κ1) is 34.2. The maximum absolute atomic E-state index is 13.9. The van der Waals surface area contributed by atoms with Crippen LogP contribution in [0.5, 0.6) is 5.75 Å². The normalized spacial score (nSPS) is 12.1. The van der Waals surface area contributed by atoms with Crippen LogP contribution in [0.4, 0.5) is 5.69 Å². The molecule has 0 bridgehead atoms. The van der Waals surface area contributed by atoms with E-state index in [0.717, 1.165) is 11.8 Å². The lowest BCUT2D eigenvalue weighted by molar-refractivity contribution is -0.141.